The number of carbonyl (C=O) groups excluding carboxylic acids is 1. The van der Waals surface area contributed by atoms with Gasteiger partial charge in [0, 0.05) is 42.0 Å². The van der Waals surface area contributed by atoms with Crippen molar-refractivity contribution in [2.45, 2.75) is 52.1 Å². The fourth-order valence-electron chi connectivity index (χ4n) is 4.03. The standard InChI is InChI=1S/C20H23ClN4O3/c1-11-8-15-18(12(2)19(11)21)13(10-28-15)9-17(26)22-14-4-5-16-23-24(3)20(27)25(16)7-6-14/h8,10,14H,4-7,9H2,1-3H3,(H,22,26). The van der Waals surface area contributed by atoms with Gasteiger partial charge in [0.15, 0.2) is 0 Å². The van der Waals surface area contributed by atoms with E-state index in [0.717, 1.165) is 39.9 Å². The Morgan fingerprint density at radius 1 is 1.39 bits per heavy atom. The molecule has 0 spiro atoms. The fraction of sp³-hybridized carbons (Fsp3) is 0.450. The zero-order valence-corrected chi connectivity index (χ0v) is 17.0. The van der Waals surface area contributed by atoms with Crippen LogP contribution < -0.4 is 11.0 Å². The molecule has 7 nitrogen and oxygen atoms in total. The Morgan fingerprint density at radius 2 is 2.18 bits per heavy atom. The first-order valence-corrected chi connectivity index (χ1v) is 9.80. The quantitative estimate of drug-likeness (QED) is 0.730. The van der Waals surface area contributed by atoms with Gasteiger partial charge in [0.2, 0.25) is 5.91 Å². The van der Waals surface area contributed by atoms with Crippen LogP contribution in [0.2, 0.25) is 5.02 Å². The molecule has 1 amide bonds. The first-order valence-electron chi connectivity index (χ1n) is 9.43. The number of aryl methyl sites for hydroxylation is 4. The van der Waals surface area contributed by atoms with E-state index >= 15 is 0 Å². The third-order valence-corrected chi connectivity index (χ3v) is 6.09. The van der Waals surface area contributed by atoms with E-state index in [0.29, 0.717) is 24.4 Å². The summed E-state index contributed by atoms with van der Waals surface area (Å²) in [6.45, 7) is 4.45. The molecule has 0 radical (unpaired) electrons. The number of hydrogen-bond acceptors (Lipinski definition) is 4. The van der Waals surface area contributed by atoms with E-state index in [4.69, 9.17) is 16.0 Å². The highest BCUT2D eigenvalue weighted by Gasteiger charge is 2.22. The highest BCUT2D eigenvalue weighted by Crippen LogP contribution is 2.32. The molecule has 0 bridgehead atoms. The van der Waals surface area contributed by atoms with Crippen molar-refractivity contribution in [2.75, 3.05) is 0 Å². The van der Waals surface area contributed by atoms with E-state index in [9.17, 15) is 9.59 Å². The van der Waals surface area contributed by atoms with Gasteiger partial charge in [-0.05, 0) is 43.9 Å². The van der Waals surface area contributed by atoms with E-state index in [1.807, 2.05) is 19.9 Å². The molecule has 1 atom stereocenters. The van der Waals surface area contributed by atoms with E-state index in [2.05, 4.69) is 10.4 Å². The Hall–Kier alpha value is -2.54. The molecule has 0 aliphatic carbocycles. The molecule has 1 aliphatic rings. The minimum absolute atomic E-state index is 0.0176. The molecule has 8 heteroatoms. The van der Waals surface area contributed by atoms with Gasteiger partial charge in [0.05, 0.1) is 12.7 Å². The molecule has 1 aliphatic heterocycles. The normalized spacial score (nSPS) is 16.8. The van der Waals surface area contributed by atoms with Crippen molar-refractivity contribution in [1.29, 1.82) is 0 Å². The molecular formula is C20H23ClN4O3. The Bertz CT molecular complexity index is 1120. The van der Waals surface area contributed by atoms with Crippen molar-refractivity contribution >= 4 is 28.5 Å². The molecule has 2 aromatic heterocycles. The number of fused-ring (bicyclic) bond motifs is 2. The second-order valence-electron chi connectivity index (χ2n) is 7.51. The Morgan fingerprint density at radius 3 is 2.96 bits per heavy atom. The summed E-state index contributed by atoms with van der Waals surface area (Å²) in [5, 5.41) is 8.99. The highest BCUT2D eigenvalue weighted by atomic mass is 35.5. The van der Waals surface area contributed by atoms with Crippen LogP contribution in [-0.4, -0.2) is 26.3 Å². The van der Waals surface area contributed by atoms with Crippen LogP contribution in [0, 0.1) is 13.8 Å². The monoisotopic (exact) mass is 402 g/mol. The van der Waals surface area contributed by atoms with E-state index in [-0.39, 0.29) is 24.1 Å². The number of benzene rings is 1. The molecule has 1 unspecified atom stereocenters. The molecule has 28 heavy (non-hydrogen) atoms. The van der Waals surface area contributed by atoms with Crippen LogP contribution in [0.4, 0.5) is 0 Å². The Kier molecular flexibility index (Phi) is 4.79. The molecule has 4 rings (SSSR count). The van der Waals surface area contributed by atoms with E-state index in [1.165, 1.54) is 4.68 Å². The van der Waals surface area contributed by atoms with Crippen LogP contribution in [0.5, 0.6) is 0 Å². The summed E-state index contributed by atoms with van der Waals surface area (Å²) in [6.07, 6.45) is 4.01. The second kappa shape index (κ2) is 7.13. The molecule has 0 saturated heterocycles. The summed E-state index contributed by atoms with van der Waals surface area (Å²) in [5.41, 5.74) is 3.37. The van der Waals surface area contributed by atoms with Gasteiger partial charge in [0.1, 0.15) is 11.4 Å². The van der Waals surface area contributed by atoms with Crippen molar-refractivity contribution < 1.29 is 9.21 Å². The Balaban J connectivity index is 1.46. The maximum atomic E-state index is 12.7. The van der Waals surface area contributed by atoms with Gasteiger partial charge in [-0.1, -0.05) is 11.6 Å². The lowest BCUT2D eigenvalue weighted by Crippen LogP contribution is -2.36. The van der Waals surface area contributed by atoms with E-state index < -0.39 is 0 Å². The van der Waals surface area contributed by atoms with Gasteiger partial charge in [-0.25, -0.2) is 9.48 Å². The maximum absolute atomic E-state index is 12.7. The SMILES string of the molecule is Cc1cc2occ(CC(=O)NC3CCc4nn(C)c(=O)n4CC3)c2c(C)c1Cl. The summed E-state index contributed by atoms with van der Waals surface area (Å²) >= 11 is 6.38. The van der Waals surface area contributed by atoms with Gasteiger partial charge in [-0.3, -0.25) is 9.36 Å². The van der Waals surface area contributed by atoms with Gasteiger partial charge in [-0.2, -0.15) is 5.10 Å². The first kappa shape index (κ1) is 18.8. The van der Waals surface area contributed by atoms with E-state index in [1.54, 1.807) is 17.9 Å². The number of carbonyl (C=O) groups is 1. The minimum atomic E-state index is -0.102. The molecule has 3 heterocycles. The number of rotatable bonds is 3. The van der Waals surface area contributed by atoms with Crippen molar-refractivity contribution in [3.63, 3.8) is 0 Å². The van der Waals surface area contributed by atoms with Gasteiger partial charge < -0.3 is 9.73 Å². The summed E-state index contributed by atoms with van der Waals surface area (Å²) in [4.78, 5) is 24.7. The van der Waals surface area contributed by atoms with Crippen LogP contribution >= 0.6 is 11.6 Å². The summed E-state index contributed by atoms with van der Waals surface area (Å²) in [5.74, 6) is 0.724. The maximum Gasteiger partial charge on any atom is 0.345 e. The summed E-state index contributed by atoms with van der Waals surface area (Å²) in [6, 6.07) is 1.92. The molecular weight excluding hydrogens is 380 g/mol. The highest BCUT2D eigenvalue weighted by molar-refractivity contribution is 6.33. The van der Waals surface area contributed by atoms with Crippen LogP contribution in [0.25, 0.3) is 11.0 Å². The smallest absolute Gasteiger partial charge is 0.345 e. The lowest BCUT2D eigenvalue weighted by molar-refractivity contribution is -0.121. The number of halogens is 1. The average Bonchev–Trinajstić information content (AvgIpc) is 3.08. The lowest BCUT2D eigenvalue weighted by atomic mass is 10.0. The van der Waals surface area contributed by atoms with Crippen molar-refractivity contribution in [1.82, 2.24) is 19.7 Å². The number of nitrogens with zero attached hydrogens (tertiary/aromatic N) is 3. The topological polar surface area (TPSA) is 82.1 Å². The molecule has 1 N–H and O–H groups in total. The third-order valence-electron chi connectivity index (χ3n) is 5.51. The fourth-order valence-corrected chi connectivity index (χ4v) is 4.18. The third kappa shape index (κ3) is 3.24. The van der Waals surface area contributed by atoms with Gasteiger partial charge in [0.25, 0.3) is 0 Å². The van der Waals surface area contributed by atoms with Crippen molar-refractivity contribution in [3.8, 4) is 0 Å². The first-order chi connectivity index (χ1) is 13.3. The Labute approximate surface area is 167 Å². The van der Waals surface area contributed by atoms with Crippen LogP contribution in [0.3, 0.4) is 0 Å². The number of amides is 1. The van der Waals surface area contributed by atoms with Crippen molar-refractivity contribution in [3.05, 3.63) is 50.4 Å². The zero-order chi connectivity index (χ0) is 20.0. The minimum Gasteiger partial charge on any atom is -0.464 e. The molecule has 3 aromatic rings. The van der Waals surface area contributed by atoms with Gasteiger partial charge >= 0.3 is 5.69 Å². The van der Waals surface area contributed by atoms with Crippen molar-refractivity contribution in [2.24, 2.45) is 7.05 Å². The molecule has 0 fully saturated rings. The largest absolute Gasteiger partial charge is 0.464 e. The van der Waals surface area contributed by atoms with Crippen LogP contribution in [0.15, 0.2) is 21.5 Å². The summed E-state index contributed by atoms with van der Waals surface area (Å²) in [7, 11) is 1.66. The lowest BCUT2D eigenvalue weighted by Gasteiger charge is -2.16. The second-order valence-corrected chi connectivity index (χ2v) is 7.89. The number of hydrogen-bond donors (Lipinski definition) is 1. The molecule has 148 valence electrons. The predicted octanol–water partition coefficient (Wildman–Crippen LogP) is 2.66. The van der Waals surface area contributed by atoms with Gasteiger partial charge in [-0.15, -0.1) is 0 Å². The number of furan rings is 1. The number of aromatic nitrogens is 3. The van der Waals surface area contributed by atoms with Crippen LogP contribution in [-0.2, 0) is 31.2 Å². The zero-order valence-electron chi connectivity index (χ0n) is 16.2. The van der Waals surface area contributed by atoms with Crippen LogP contribution in [0.1, 0.15) is 35.4 Å². The molecule has 1 aromatic carbocycles. The molecule has 0 saturated carbocycles. The number of nitrogens with one attached hydrogen (secondary N) is 1. The summed E-state index contributed by atoms with van der Waals surface area (Å²) < 4.78 is 8.71. The predicted molar refractivity (Wildman–Crippen MR) is 107 cm³/mol. The average molecular weight is 403 g/mol.